The first-order valence-electron chi connectivity index (χ1n) is 9.53. The fourth-order valence-corrected chi connectivity index (χ4v) is 2.97. The summed E-state index contributed by atoms with van der Waals surface area (Å²) in [5.74, 6) is -0.195. The van der Waals surface area contributed by atoms with Crippen LogP contribution >= 0.6 is 0 Å². The zero-order valence-electron chi connectivity index (χ0n) is 17.2. The highest BCUT2D eigenvalue weighted by Crippen LogP contribution is 2.15. The van der Waals surface area contributed by atoms with Gasteiger partial charge in [0.15, 0.2) is 0 Å². The Kier molecular flexibility index (Phi) is 7.09. The maximum absolute atomic E-state index is 12.7. The Morgan fingerprint density at radius 2 is 1.86 bits per heavy atom. The fourth-order valence-electron chi connectivity index (χ4n) is 2.97. The van der Waals surface area contributed by atoms with Crippen LogP contribution in [0.5, 0.6) is 0 Å². The number of aromatic nitrogens is 2. The van der Waals surface area contributed by atoms with Crippen molar-refractivity contribution < 1.29 is 9.59 Å². The van der Waals surface area contributed by atoms with Crippen LogP contribution < -0.4 is 5.56 Å². The maximum atomic E-state index is 12.7. The summed E-state index contributed by atoms with van der Waals surface area (Å²) in [4.78, 5) is 39.4. The fraction of sp³-hybridized carbons (Fsp3) is 0.429. The molecule has 1 N–H and O–H groups in total. The predicted molar refractivity (Wildman–Crippen MR) is 108 cm³/mol. The molecule has 0 radical (unpaired) electrons. The van der Waals surface area contributed by atoms with Crippen molar-refractivity contribution in [1.29, 1.82) is 0 Å². The van der Waals surface area contributed by atoms with Gasteiger partial charge in [-0.25, -0.2) is 5.10 Å². The third kappa shape index (κ3) is 4.65. The van der Waals surface area contributed by atoms with Gasteiger partial charge in [-0.1, -0.05) is 26.0 Å². The van der Waals surface area contributed by atoms with Crippen LogP contribution in [0.25, 0.3) is 0 Å². The van der Waals surface area contributed by atoms with Gasteiger partial charge < -0.3 is 9.80 Å². The van der Waals surface area contributed by atoms with Gasteiger partial charge in [0.1, 0.15) is 6.54 Å². The van der Waals surface area contributed by atoms with E-state index in [1.54, 1.807) is 29.8 Å². The number of amides is 2. The van der Waals surface area contributed by atoms with E-state index in [0.717, 1.165) is 16.8 Å². The van der Waals surface area contributed by atoms with Gasteiger partial charge in [-0.15, -0.1) is 0 Å². The highest BCUT2D eigenvalue weighted by atomic mass is 16.2. The molecule has 7 nitrogen and oxygen atoms in total. The standard InChI is InChI=1S/C19H22N4O3.C2H6/c1-12-13(2)18(25)21-20-16(12)10-14-5-4-6-15(9-14)19(26)23-8-7-22(3)17(24)11-23;1-2/h4-6,9H,7-8,10-11H2,1-3H3,(H,21,25);1-2H3. The van der Waals surface area contributed by atoms with Gasteiger partial charge in [-0.2, -0.15) is 5.10 Å². The third-order valence-corrected chi connectivity index (χ3v) is 4.92. The number of aromatic amines is 1. The second-order valence-electron chi connectivity index (χ2n) is 6.67. The Bertz CT molecular complexity index is 920. The zero-order valence-corrected chi connectivity index (χ0v) is 17.2. The molecule has 28 heavy (non-hydrogen) atoms. The number of nitrogens with zero attached hydrogens (tertiary/aromatic N) is 3. The lowest BCUT2D eigenvalue weighted by atomic mass is 10.0. The quantitative estimate of drug-likeness (QED) is 0.876. The number of carbonyl (C=O) groups excluding carboxylic acids is 2. The topological polar surface area (TPSA) is 86.4 Å². The summed E-state index contributed by atoms with van der Waals surface area (Å²) in [6.45, 7) is 8.83. The number of H-pyrrole nitrogens is 1. The monoisotopic (exact) mass is 384 g/mol. The first-order valence-corrected chi connectivity index (χ1v) is 9.53. The molecule has 1 saturated heterocycles. The molecule has 7 heteroatoms. The molecule has 2 amide bonds. The van der Waals surface area contributed by atoms with E-state index < -0.39 is 0 Å². The van der Waals surface area contributed by atoms with Crippen LogP contribution in [0.3, 0.4) is 0 Å². The molecule has 0 atom stereocenters. The molecule has 0 unspecified atom stereocenters. The van der Waals surface area contributed by atoms with Gasteiger partial charge in [-0.3, -0.25) is 14.4 Å². The van der Waals surface area contributed by atoms with E-state index in [1.807, 2.05) is 39.0 Å². The number of nitrogens with one attached hydrogen (secondary N) is 1. The predicted octanol–water partition coefficient (Wildman–Crippen LogP) is 1.92. The SMILES string of the molecule is CC.Cc1c(Cc2cccc(C(=O)N3CCN(C)C(=O)C3)c2)n[nH]c(=O)c1C. The number of rotatable bonds is 3. The van der Waals surface area contributed by atoms with Crippen LogP contribution in [0.15, 0.2) is 29.1 Å². The number of benzene rings is 1. The van der Waals surface area contributed by atoms with Crippen LogP contribution in [-0.4, -0.2) is 58.5 Å². The summed E-state index contributed by atoms with van der Waals surface area (Å²) >= 11 is 0. The number of piperazine rings is 1. The highest BCUT2D eigenvalue weighted by molar-refractivity contribution is 5.97. The maximum Gasteiger partial charge on any atom is 0.267 e. The Hall–Kier alpha value is -2.96. The molecule has 1 aliphatic rings. The van der Waals surface area contributed by atoms with E-state index in [2.05, 4.69) is 10.2 Å². The Morgan fingerprint density at radius 1 is 1.14 bits per heavy atom. The Morgan fingerprint density at radius 3 is 2.54 bits per heavy atom. The summed E-state index contributed by atoms with van der Waals surface area (Å²) in [5.41, 5.74) is 3.58. The smallest absolute Gasteiger partial charge is 0.267 e. The third-order valence-electron chi connectivity index (χ3n) is 4.92. The average molecular weight is 384 g/mol. The average Bonchev–Trinajstić information content (AvgIpc) is 2.71. The molecular formula is C21H28N4O3. The molecule has 1 aromatic heterocycles. The van der Waals surface area contributed by atoms with Crippen molar-refractivity contribution >= 4 is 11.8 Å². The van der Waals surface area contributed by atoms with Gasteiger partial charge in [0.25, 0.3) is 11.5 Å². The van der Waals surface area contributed by atoms with Gasteiger partial charge >= 0.3 is 0 Å². The van der Waals surface area contributed by atoms with Crippen molar-refractivity contribution in [2.75, 3.05) is 26.7 Å². The minimum Gasteiger partial charge on any atom is -0.342 e. The van der Waals surface area contributed by atoms with Crippen LogP contribution in [0.1, 0.15) is 46.6 Å². The molecule has 2 heterocycles. The van der Waals surface area contributed by atoms with E-state index in [1.165, 1.54) is 0 Å². The van der Waals surface area contributed by atoms with E-state index in [-0.39, 0.29) is 23.9 Å². The molecule has 1 fully saturated rings. The second kappa shape index (κ2) is 9.30. The van der Waals surface area contributed by atoms with Gasteiger partial charge in [0.2, 0.25) is 5.91 Å². The number of hydrogen-bond acceptors (Lipinski definition) is 4. The molecule has 2 aromatic rings. The normalized spacial score (nSPS) is 13.8. The van der Waals surface area contributed by atoms with Crippen LogP contribution in [0.4, 0.5) is 0 Å². The minimum atomic E-state index is -0.185. The van der Waals surface area contributed by atoms with E-state index in [4.69, 9.17) is 0 Å². The molecule has 3 rings (SSSR count). The molecule has 1 aliphatic heterocycles. The zero-order chi connectivity index (χ0) is 20.8. The number of likely N-dealkylation sites (N-methyl/N-ethyl adjacent to an activating group) is 1. The van der Waals surface area contributed by atoms with E-state index >= 15 is 0 Å². The van der Waals surface area contributed by atoms with Gasteiger partial charge in [-0.05, 0) is 37.1 Å². The van der Waals surface area contributed by atoms with Crippen molar-refractivity contribution in [3.8, 4) is 0 Å². The Balaban J connectivity index is 0.00000136. The molecule has 0 saturated carbocycles. The van der Waals surface area contributed by atoms with Crippen LogP contribution in [0, 0.1) is 13.8 Å². The van der Waals surface area contributed by atoms with Crippen molar-refractivity contribution in [3.63, 3.8) is 0 Å². The largest absolute Gasteiger partial charge is 0.342 e. The number of carbonyl (C=O) groups is 2. The highest BCUT2D eigenvalue weighted by Gasteiger charge is 2.25. The summed E-state index contributed by atoms with van der Waals surface area (Å²) in [5, 5.41) is 6.64. The summed E-state index contributed by atoms with van der Waals surface area (Å²) in [6.07, 6.45) is 0.520. The minimum absolute atomic E-state index is 0.0516. The van der Waals surface area contributed by atoms with Crippen LogP contribution in [-0.2, 0) is 11.2 Å². The lowest BCUT2D eigenvalue weighted by molar-refractivity contribution is -0.133. The molecule has 0 bridgehead atoms. The second-order valence-corrected chi connectivity index (χ2v) is 6.67. The van der Waals surface area contributed by atoms with Gasteiger partial charge in [0, 0.05) is 37.7 Å². The summed E-state index contributed by atoms with van der Waals surface area (Å²) in [7, 11) is 1.74. The molecule has 150 valence electrons. The first-order chi connectivity index (χ1) is 13.4. The van der Waals surface area contributed by atoms with Crippen LogP contribution in [0.2, 0.25) is 0 Å². The van der Waals surface area contributed by atoms with Crippen molar-refractivity contribution in [2.24, 2.45) is 0 Å². The number of hydrogen-bond donors (Lipinski definition) is 1. The lowest BCUT2D eigenvalue weighted by Gasteiger charge is -2.32. The molecule has 0 spiro atoms. The summed E-state index contributed by atoms with van der Waals surface area (Å²) in [6, 6.07) is 7.33. The van der Waals surface area contributed by atoms with Crippen molar-refractivity contribution in [3.05, 3.63) is 62.6 Å². The van der Waals surface area contributed by atoms with Crippen molar-refractivity contribution in [2.45, 2.75) is 34.1 Å². The molecule has 1 aromatic carbocycles. The van der Waals surface area contributed by atoms with Crippen molar-refractivity contribution in [1.82, 2.24) is 20.0 Å². The lowest BCUT2D eigenvalue weighted by Crippen LogP contribution is -2.50. The van der Waals surface area contributed by atoms with Gasteiger partial charge in [0.05, 0.1) is 5.69 Å². The molecular weight excluding hydrogens is 356 g/mol. The first kappa shape index (κ1) is 21.3. The Labute approximate surface area is 165 Å². The molecule has 0 aliphatic carbocycles. The van der Waals surface area contributed by atoms with E-state index in [0.29, 0.717) is 30.6 Å². The summed E-state index contributed by atoms with van der Waals surface area (Å²) < 4.78 is 0. The van der Waals surface area contributed by atoms with E-state index in [9.17, 15) is 14.4 Å².